The van der Waals surface area contributed by atoms with Crippen molar-refractivity contribution in [3.63, 3.8) is 0 Å². The fourth-order valence-corrected chi connectivity index (χ4v) is 1.02. The van der Waals surface area contributed by atoms with Crippen LogP contribution in [-0.4, -0.2) is 24.9 Å². The summed E-state index contributed by atoms with van der Waals surface area (Å²) in [6, 6.07) is 0. The van der Waals surface area contributed by atoms with Gasteiger partial charge in [-0.05, 0) is 11.6 Å². The van der Waals surface area contributed by atoms with Crippen LogP contribution < -0.4 is 0 Å². The number of hydrogen-bond donors (Lipinski definition) is 0. The van der Waals surface area contributed by atoms with Crippen molar-refractivity contribution in [2.75, 3.05) is 0 Å². The van der Waals surface area contributed by atoms with Crippen LogP contribution in [0.3, 0.4) is 0 Å². The number of halogens is 1. The molecule has 0 aromatic heterocycles. The van der Waals surface area contributed by atoms with E-state index in [9.17, 15) is 4.79 Å². The number of fused-ring (bicyclic) bond motifs is 1. The molecule has 0 atom stereocenters. The minimum absolute atomic E-state index is 0.421. The van der Waals surface area contributed by atoms with E-state index in [1.165, 1.54) is 18.9 Å². The van der Waals surface area contributed by atoms with Gasteiger partial charge in [0.1, 0.15) is 18.3 Å². The first-order valence-electron chi connectivity index (χ1n) is 3.12. The standard InChI is InChI=1S/C6H3ClN4O/c7-6(12)11-3-8-1-4-5(11)10-2-9-4/h1-3H. The highest BCUT2D eigenvalue weighted by Gasteiger charge is 2.12. The molecule has 60 valence electrons. The van der Waals surface area contributed by atoms with Crippen LogP contribution in [0.2, 0.25) is 0 Å². The van der Waals surface area contributed by atoms with E-state index in [-0.39, 0.29) is 0 Å². The van der Waals surface area contributed by atoms with Crippen molar-refractivity contribution in [3.05, 3.63) is 18.9 Å². The molecule has 2 aliphatic rings. The normalized spacial score (nSPS) is 10.4. The molecule has 0 aromatic carbocycles. The molecular weight excluding hydrogens is 180 g/mol. The maximum Gasteiger partial charge on any atom is 0.327 e. The number of nitrogens with zero attached hydrogens (tertiary/aromatic N) is 4. The van der Waals surface area contributed by atoms with Crippen LogP contribution in [0, 0.1) is 0 Å². The lowest BCUT2D eigenvalue weighted by atomic mass is 10.4. The molecule has 12 heavy (non-hydrogen) atoms. The van der Waals surface area contributed by atoms with E-state index in [0.29, 0.717) is 11.5 Å². The molecule has 2 aliphatic heterocycles. The lowest BCUT2D eigenvalue weighted by molar-refractivity contribution is 0.261. The zero-order chi connectivity index (χ0) is 8.55. The number of hydrogen-bond acceptors (Lipinski definition) is 4. The number of carbonyl (C=O) groups is 1. The molecule has 0 amide bonds. The van der Waals surface area contributed by atoms with Gasteiger partial charge in [0.05, 0.1) is 6.20 Å². The maximum absolute atomic E-state index is 10.8. The molecule has 0 saturated heterocycles. The number of aromatic nitrogens is 4. The Morgan fingerprint density at radius 1 is 1.50 bits per heavy atom. The van der Waals surface area contributed by atoms with Crippen LogP contribution in [0.1, 0.15) is 0 Å². The van der Waals surface area contributed by atoms with Crippen molar-refractivity contribution in [2.45, 2.75) is 0 Å². The Morgan fingerprint density at radius 2 is 2.33 bits per heavy atom. The highest BCUT2D eigenvalue weighted by molar-refractivity contribution is 6.63. The number of imidazole rings is 1. The molecule has 2 rings (SSSR count). The predicted octanol–water partition coefficient (Wildman–Crippen LogP) is 0.985. The molecule has 2 heterocycles. The predicted molar refractivity (Wildman–Crippen MR) is 41.1 cm³/mol. The van der Waals surface area contributed by atoms with Gasteiger partial charge in [0.25, 0.3) is 0 Å². The Kier molecular flexibility index (Phi) is 1.51. The van der Waals surface area contributed by atoms with E-state index in [0.717, 1.165) is 4.57 Å². The quantitative estimate of drug-likeness (QED) is 0.570. The van der Waals surface area contributed by atoms with Crippen molar-refractivity contribution in [2.24, 2.45) is 0 Å². The summed E-state index contributed by atoms with van der Waals surface area (Å²) < 4.78 is 1.13. The van der Waals surface area contributed by atoms with E-state index < -0.39 is 5.37 Å². The third kappa shape index (κ3) is 0.947. The summed E-state index contributed by atoms with van der Waals surface area (Å²) in [5.41, 5.74) is 0.548. The van der Waals surface area contributed by atoms with Gasteiger partial charge in [0.2, 0.25) is 0 Å². The van der Waals surface area contributed by atoms with Crippen LogP contribution in [0.5, 0.6) is 0 Å². The summed E-state index contributed by atoms with van der Waals surface area (Å²) in [5.74, 6) is 0.421. The number of carbonyl (C=O) groups excluding carboxylic acids is 1. The summed E-state index contributed by atoms with van der Waals surface area (Å²) in [5, 5.41) is -0.645. The minimum Gasteiger partial charge on any atom is -0.255 e. The van der Waals surface area contributed by atoms with Crippen molar-refractivity contribution in [1.29, 1.82) is 0 Å². The van der Waals surface area contributed by atoms with Crippen molar-refractivity contribution in [1.82, 2.24) is 19.5 Å². The molecule has 5 nitrogen and oxygen atoms in total. The summed E-state index contributed by atoms with van der Waals surface area (Å²) in [6.07, 6.45) is 4.16. The third-order valence-corrected chi connectivity index (χ3v) is 1.58. The molecule has 0 bridgehead atoms. The second-order valence-electron chi connectivity index (χ2n) is 2.10. The van der Waals surface area contributed by atoms with Crippen LogP contribution in [0.25, 0.3) is 11.5 Å². The van der Waals surface area contributed by atoms with Gasteiger partial charge in [-0.3, -0.25) is 4.79 Å². The van der Waals surface area contributed by atoms with Crippen molar-refractivity contribution < 1.29 is 4.79 Å². The smallest absolute Gasteiger partial charge is 0.255 e. The van der Waals surface area contributed by atoms with Gasteiger partial charge in [-0.1, -0.05) is 0 Å². The fraction of sp³-hybridized carbons (Fsp3) is 0. The first kappa shape index (κ1) is 7.17. The molecule has 0 unspecified atom stereocenters. The monoisotopic (exact) mass is 182 g/mol. The molecule has 0 aliphatic carbocycles. The molecule has 0 N–H and O–H groups in total. The lowest BCUT2D eigenvalue weighted by Gasteiger charge is -2.01. The Balaban J connectivity index is 2.71. The Bertz CT molecular complexity index is 399. The molecule has 0 radical (unpaired) electrons. The van der Waals surface area contributed by atoms with Gasteiger partial charge in [0, 0.05) is 0 Å². The first-order chi connectivity index (χ1) is 5.79. The summed E-state index contributed by atoms with van der Waals surface area (Å²) in [4.78, 5) is 22.2. The molecule has 0 spiro atoms. The lowest BCUT2D eigenvalue weighted by Crippen LogP contribution is -2.07. The third-order valence-electron chi connectivity index (χ3n) is 1.40. The molecule has 0 aromatic rings. The van der Waals surface area contributed by atoms with Gasteiger partial charge in [0.15, 0.2) is 5.82 Å². The maximum atomic E-state index is 10.8. The fourth-order valence-electron chi connectivity index (χ4n) is 0.900. The summed E-state index contributed by atoms with van der Waals surface area (Å²) >= 11 is 5.26. The zero-order valence-corrected chi connectivity index (χ0v) is 6.56. The van der Waals surface area contributed by atoms with Crippen LogP contribution >= 0.6 is 11.6 Å². The SMILES string of the molecule is O=C(Cl)n1cncc2ncnc1-2. The van der Waals surface area contributed by atoms with Crippen LogP contribution in [-0.2, 0) is 0 Å². The summed E-state index contributed by atoms with van der Waals surface area (Å²) in [6.45, 7) is 0. The molecular formula is C6H3ClN4O. The average Bonchev–Trinajstić information content (AvgIpc) is 2.49. The van der Waals surface area contributed by atoms with Crippen molar-refractivity contribution >= 4 is 17.0 Å². The number of rotatable bonds is 0. The summed E-state index contributed by atoms with van der Waals surface area (Å²) in [7, 11) is 0. The average molecular weight is 183 g/mol. The van der Waals surface area contributed by atoms with E-state index in [4.69, 9.17) is 11.6 Å². The van der Waals surface area contributed by atoms with Gasteiger partial charge in [-0.2, -0.15) is 0 Å². The Hall–Kier alpha value is -1.49. The first-order valence-corrected chi connectivity index (χ1v) is 3.50. The van der Waals surface area contributed by atoms with Crippen molar-refractivity contribution in [3.8, 4) is 11.5 Å². The van der Waals surface area contributed by atoms with Gasteiger partial charge >= 0.3 is 5.37 Å². The van der Waals surface area contributed by atoms with E-state index >= 15 is 0 Å². The highest BCUT2D eigenvalue weighted by atomic mass is 35.5. The largest absolute Gasteiger partial charge is 0.327 e. The molecule has 6 heteroatoms. The van der Waals surface area contributed by atoms with E-state index in [1.54, 1.807) is 0 Å². The zero-order valence-electron chi connectivity index (χ0n) is 5.81. The minimum atomic E-state index is -0.645. The topological polar surface area (TPSA) is 60.7 Å². The second-order valence-corrected chi connectivity index (χ2v) is 2.42. The second kappa shape index (κ2) is 2.53. The van der Waals surface area contributed by atoms with E-state index in [1.807, 2.05) is 0 Å². The van der Waals surface area contributed by atoms with Gasteiger partial charge in [-0.15, -0.1) is 0 Å². The van der Waals surface area contributed by atoms with Gasteiger partial charge < -0.3 is 0 Å². The van der Waals surface area contributed by atoms with Gasteiger partial charge in [-0.25, -0.2) is 19.5 Å². The molecule has 0 saturated carbocycles. The molecule has 0 fully saturated rings. The Labute approximate surface area is 72.4 Å². The Morgan fingerprint density at radius 3 is 3.08 bits per heavy atom. The van der Waals surface area contributed by atoms with Crippen LogP contribution in [0.15, 0.2) is 18.9 Å². The highest BCUT2D eigenvalue weighted by Crippen LogP contribution is 2.14. The van der Waals surface area contributed by atoms with Crippen LogP contribution in [0.4, 0.5) is 4.79 Å². The van der Waals surface area contributed by atoms with E-state index in [2.05, 4.69) is 15.0 Å².